The lowest BCUT2D eigenvalue weighted by atomic mass is 10.2. The minimum atomic E-state index is -1.36. The highest BCUT2D eigenvalue weighted by molar-refractivity contribution is 9.10. The van der Waals surface area contributed by atoms with Gasteiger partial charge in [-0.25, -0.2) is 9.59 Å². The highest BCUT2D eigenvalue weighted by atomic mass is 79.9. The zero-order valence-electron chi connectivity index (χ0n) is 11.6. The second-order valence-corrected chi connectivity index (χ2v) is 5.34. The van der Waals surface area contributed by atoms with Crippen LogP contribution >= 0.6 is 15.9 Å². The van der Waals surface area contributed by atoms with Crippen molar-refractivity contribution in [3.63, 3.8) is 0 Å². The summed E-state index contributed by atoms with van der Waals surface area (Å²) in [6, 6.07) is 10.7. The first-order valence-electron chi connectivity index (χ1n) is 6.32. The number of rotatable bonds is 5. The molecule has 0 aliphatic carbocycles. The molecule has 0 fully saturated rings. The van der Waals surface area contributed by atoms with Crippen LogP contribution in [0, 0.1) is 0 Å². The average molecular weight is 379 g/mol. The lowest BCUT2D eigenvalue weighted by Crippen LogP contribution is -2.08. The van der Waals surface area contributed by atoms with Crippen molar-refractivity contribution < 1.29 is 29.6 Å². The van der Waals surface area contributed by atoms with Crippen molar-refractivity contribution >= 4 is 33.9 Å². The number of carboxylic acids is 2. The summed E-state index contributed by atoms with van der Waals surface area (Å²) in [5.74, 6) is -4.05. The fraction of sp³-hybridized carbons (Fsp3) is 0. The van der Waals surface area contributed by atoms with E-state index in [9.17, 15) is 19.8 Å². The van der Waals surface area contributed by atoms with E-state index in [1.807, 2.05) is 0 Å². The van der Waals surface area contributed by atoms with Gasteiger partial charge in [0, 0.05) is 4.47 Å². The van der Waals surface area contributed by atoms with E-state index in [1.54, 1.807) is 24.3 Å². The summed E-state index contributed by atoms with van der Waals surface area (Å²) in [5, 5.41) is 28.0. The summed E-state index contributed by atoms with van der Waals surface area (Å²) >= 11 is 3.27. The molecule has 6 nitrogen and oxygen atoms in total. The molecule has 0 aromatic heterocycles. The predicted octanol–water partition coefficient (Wildman–Crippen LogP) is 3.36. The summed E-state index contributed by atoms with van der Waals surface area (Å²) in [4.78, 5) is 22.3. The molecule has 0 saturated carbocycles. The summed E-state index contributed by atoms with van der Waals surface area (Å²) in [7, 11) is 0. The molecule has 0 atom stereocenters. The highest BCUT2D eigenvalue weighted by Gasteiger charge is 2.18. The van der Waals surface area contributed by atoms with Crippen molar-refractivity contribution in [3.8, 4) is 11.5 Å². The predicted molar refractivity (Wildman–Crippen MR) is 85.4 cm³/mol. The third kappa shape index (κ3) is 4.10. The topological polar surface area (TPSA) is 104 Å². The van der Waals surface area contributed by atoms with Gasteiger partial charge in [0.25, 0.3) is 0 Å². The van der Waals surface area contributed by atoms with Gasteiger partial charge in [-0.2, -0.15) is 0 Å². The maximum atomic E-state index is 11.3. The zero-order valence-corrected chi connectivity index (χ0v) is 13.1. The van der Waals surface area contributed by atoms with Gasteiger partial charge in [0.1, 0.15) is 5.56 Å². The highest BCUT2D eigenvalue weighted by Crippen LogP contribution is 2.31. The van der Waals surface area contributed by atoms with Gasteiger partial charge >= 0.3 is 11.9 Å². The number of ether oxygens (including phenoxy) is 1. The van der Waals surface area contributed by atoms with Gasteiger partial charge < -0.3 is 20.1 Å². The second kappa shape index (κ2) is 6.97. The normalized spacial score (nSPS) is 11.1. The third-order valence-electron chi connectivity index (χ3n) is 2.81. The van der Waals surface area contributed by atoms with Crippen molar-refractivity contribution in [2.75, 3.05) is 0 Å². The lowest BCUT2D eigenvalue weighted by molar-refractivity contribution is -0.134. The molecule has 2 rings (SSSR count). The van der Waals surface area contributed by atoms with Gasteiger partial charge in [0.15, 0.2) is 11.5 Å². The van der Waals surface area contributed by atoms with Crippen LogP contribution in [0.5, 0.6) is 11.5 Å². The summed E-state index contributed by atoms with van der Waals surface area (Å²) in [6.45, 7) is 0. The summed E-state index contributed by atoms with van der Waals surface area (Å²) < 4.78 is 5.93. The van der Waals surface area contributed by atoms with Crippen LogP contribution in [0.25, 0.3) is 6.08 Å². The molecule has 0 amide bonds. The van der Waals surface area contributed by atoms with E-state index < -0.39 is 23.4 Å². The first-order valence-corrected chi connectivity index (χ1v) is 7.11. The van der Waals surface area contributed by atoms with Gasteiger partial charge in [-0.05, 0) is 35.9 Å². The van der Waals surface area contributed by atoms with E-state index in [0.29, 0.717) is 5.56 Å². The molecule has 2 aromatic rings. The van der Waals surface area contributed by atoms with Crippen molar-refractivity contribution in [1.29, 1.82) is 0 Å². The Bertz CT molecular complexity index is 797. The SMILES string of the molecule is O=C(O)/C(=C\c1cccc(Br)c1)Oc1cccc(C(=O)O)c1O. The second-order valence-electron chi connectivity index (χ2n) is 4.43. The molecule has 2 aromatic carbocycles. The van der Waals surface area contributed by atoms with Crippen molar-refractivity contribution in [3.05, 3.63) is 63.8 Å². The smallest absolute Gasteiger partial charge is 0.371 e. The van der Waals surface area contributed by atoms with Crippen molar-refractivity contribution in [1.82, 2.24) is 0 Å². The van der Waals surface area contributed by atoms with Crippen LogP contribution in [-0.4, -0.2) is 27.3 Å². The summed E-state index contributed by atoms with van der Waals surface area (Å²) in [5.41, 5.74) is 0.181. The largest absolute Gasteiger partial charge is 0.504 e. The van der Waals surface area contributed by atoms with E-state index in [-0.39, 0.29) is 11.3 Å². The van der Waals surface area contributed by atoms with E-state index >= 15 is 0 Å². The molecular weight excluding hydrogens is 368 g/mol. The number of hydrogen-bond acceptors (Lipinski definition) is 4. The van der Waals surface area contributed by atoms with Gasteiger partial charge in [0.05, 0.1) is 0 Å². The number of aromatic carboxylic acids is 1. The number of carbonyl (C=O) groups is 2. The molecule has 7 heteroatoms. The van der Waals surface area contributed by atoms with E-state index in [2.05, 4.69) is 15.9 Å². The van der Waals surface area contributed by atoms with Crippen LogP contribution < -0.4 is 4.74 Å². The number of aliphatic carboxylic acids is 1. The number of halogens is 1. The van der Waals surface area contributed by atoms with Crippen LogP contribution in [0.15, 0.2) is 52.7 Å². The Hall–Kier alpha value is -2.80. The van der Waals surface area contributed by atoms with Gasteiger partial charge in [0.2, 0.25) is 5.76 Å². The molecule has 0 aliphatic heterocycles. The maximum absolute atomic E-state index is 11.3. The Kier molecular flexibility index (Phi) is 5.02. The average Bonchev–Trinajstić information content (AvgIpc) is 2.48. The molecule has 0 bridgehead atoms. The molecule has 0 unspecified atom stereocenters. The zero-order chi connectivity index (χ0) is 17.0. The fourth-order valence-corrected chi connectivity index (χ4v) is 2.20. The number of aromatic hydroxyl groups is 1. The lowest BCUT2D eigenvalue weighted by Gasteiger charge is -2.10. The Morgan fingerprint density at radius 2 is 1.78 bits per heavy atom. The van der Waals surface area contributed by atoms with Crippen LogP contribution in [0.2, 0.25) is 0 Å². The number of hydrogen-bond donors (Lipinski definition) is 3. The Morgan fingerprint density at radius 1 is 1.09 bits per heavy atom. The molecule has 0 spiro atoms. The number of phenols is 1. The molecule has 0 heterocycles. The van der Waals surface area contributed by atoms with Crippen LogP contribution in [0.4, 0.5) is 0 Å². The van der Waals surface area contributed by atoms with Crippen LogP contribution in [0.3, 0.4) is 0 Å². The van der Waals surface area contributed by atoms with E-state index in [0.717, 1.165) is 4.47 Å². The first-order chi connectivity index (χ1) is 10.9. The van der Waals surface area contributed by atoms with E-state index in [4.69, 9.17) is 9.84 Å². The first kappa shape index (κ1) is 16.6. The van der Waals surface area contributed by atoms with Gasteiger partial charge in [-0.15, -0.1) is 0 Å². The maximum Gasteiger partial charge on any atom is 0.371 e. The summed E-state index contributed by atoms with van der Waals surface area (Å²) in [6.07, 6.45) is 1.26. The van der Waals surface area contributed by atoms with E-state index in [1.165, 1.54) is 24.3 Å². The Labute approximate surface area is 139 Å². The Balaban J connectivity index is 2.40. The molecule has 23 heavy (non-hydrogen) atoms. The molecule has 118 valence electrons. The standard InChI is InChI=1S/C16H11BrO6/c17-10-4-1-3-9(7-10)8-13(16(21)22)23-12-6-2-5-11(14(12)18)15(19)20/h1-8,18H,(H,19,20)(H,21,22)/b13-8+. The van der Waals surface area contributed by atoms with Crippen molar-refractivity contribution in [2.45, 2.75) is 0 Å². The molecule has 0 aliphatic rings. The molecular formula is C16H11BrO6. The minimum Gasteiger partial charge on any atom is -0.504 e. The minimum absolute atomic E-state index is 0.256. The number of benzene rings is 2. The van der Waals surface area contributed by atoms with Gasteiger partial charge in [-0.3, -0.25) is 0 Å². The number of carboxylic acid groups (broad SMARTS) is 2. The Morgan fingerprint density at radius 3 is 2.39 bits per heavy atom. The molecule has 3 N–H and O–H groups in total. The molecule has 0 radical (unpaired) electrons. The van der Waals surface area contributed by atoms with Crippen molar-refractivity contribution in [2.24, 2.45) is 0 Å². The monoisotopic (exact) mass is 378 g/mol. The molecule has 0 saturated heterocycles. The fourth-order valence-electron chi connectivity index (χ4n) is 1.78. The van der Waals surface area contributed by atoms with Gasteiger partial charge in [-0.1, -0.05) is 34.1 Å². The third-order valence-corrected chi connectivity index (χ3v) is 3.30. The quantitative estimate of drug-likeness (QED) is 0.544. The van der Waals surface area contributed by atoms with Crippen LogP contribution in [0.1, 0.15) is 15.9 Å². The number of para-hydroxylation sites is 1. The van der Waals surface area contributed by atoms with Crippen LogP contribution in [-0.2, 0) is 4.79 Å².